The number of halogens is 2. The number of hydrogen-bond acceptors (Lipinski definition) is 2. The van der Waals surface area contributed by atoms with Crippen LogP contribution >= 0.6 is 0 Å². The van der Waals surface area contributed by atoms with Crippen molar-refractivity contribution in [2.24, 2.45) is 0 Å². The molecule has 0 saturated heterocycles. The Labute approximate surface area is 92.6 Å². The summed E-state index contributed by atoms with van der Waals surface area (Å²) in [6, 6.07) is 3.08. The van der Waals surface area contributed by atoms with Crippen LogP contribution in [0.5, 0.6) is 0 Å². The van der Waals surface area contributed by atoms with Crippen molar-refractivity contribution in [2.45, 2.75) is 0 Å². The Morgan fingerprint density at radius 1 is 1.38 bits per heavy atom. The molecule has 3 nitrogen and oxygen atoms in total. The van der Waals surface area contributed by atoms with Crippen LogP contribution in [0.1, 0.15) is 10.4 Å². The Morgan fingerprint density at radius 3 is 2.62 bits per heavy atom. The Morgan fingerprint density at radius 2 is 2.06 bits per heavy atom. The van der Waals surface area contributed by atoms with Crippen LogP contribution in [0.25, 0.3) is 0 Å². The predicted molar refractivity (Wildman–Crippen MR) is 55.2 cm³/mol. The van der Waals surface area contributed by atoms with Gasteiger partial charge in [-0.3, -0.25) is 4.79 Å². The Kier molecular flexibility index (Phi) is 4.37. The molecule has 1 aromatic carbocycles. The van der Waals surface area contributed by atoms with Gasteiger partial charge in [0.2, 0.25) is 0 Å². The van der Waals surface area contributed by atoms with E-state index in [0.717, 1.165) is 12.1 Å². The van der Waals surface area contributed by atoms with Gasteiger partial charge in [-0.05, 0) is 18.2 Å². The van der Waals surface area contributed by atoms with Crippen LogP contribution in [0.15, 0.2) is 18.2 Å². The van der Waals surface area contributed by atoms with E-state index in [1.54, 1.807) is 7.05 Å². The van der Waals surface area contributed by atoms with E-state index in [4.69, 9.17) is 4.74 Å². The minimum atomic E-state index is -1.02. The lowest BCUT2D eigenvalue weighted by molar-refractivity contribution is 0.0743. The second-order valence-electron chi connectivity index (χ2n) is 3.35. The Bertz CT molecular complexity index is 382. The lowest BCUT2D eigenvalue weighted by Crippen LogP contribution is -2.30. The number of benzene rings is 1. The average Bonchev–Trinajstić information content (AvgIpc) is 2.28. The maximum Gasteiger partial charge on any atom is 0.253 e. The number of methoxy groups -OCH3 is 1. The molecular formula is C11H13F2NO2. The smallest absolute Gasteiger partial charge is 0.253 e. The SMILES string of the molecule is COCCN(C)C(=O)c1ccc(F)c(F)c1. The van der Waals surface area contributed by atoms with Gasteiger partial charge in [0, 0.05) is 26.3 Å². The molecule has 1 aromatic rings. The fraction of sp³-hybridized carbons (Fsp3) is 0.364. The first-order valence-electron chi connectivity index (χ1n) is 4.75. The molecule has 0 fully saturated rings. The number of rotatable bonds is 4. The summed E-state index contributed by atoms with van der Waals surface area (Å²) in [7, 11) is 3.10. The molecule has 0 N–H and O–H groups in total. The third-order valence-corrected chi connectivity index (χ3v) is 2.14. The summed E-state index contributed by atoms with van der Waals surface area (Å²) in [5, 5.41) is 0. The van der Waals surface area contributed by atoms with Crippen LogP contribution < -0.4 is 0 Å². The highest BCUT2D eigenvalue weighted by molar-refractivity contribution is 5.94. The zero-order valence-electron chi connectivity index (χ0n) is 9.17. The van der Waals surface area contributed by atoms with Gasteiger partial charge in [-0.2, -0.15) is 0 Å². The highest BCUT2D eigenvalue weighted by Crippen LogP contribution is 2.10. The molecular weight excluding hydrogens is 216 g/mol. The molecule has 1 rings (SSSR count). The van der Waals surface area contributed by atoms with Crippen molar-refractivity contribution in [1.29, 1.82) is 0 Å². The number of likely N-dealkylation sites (N-methyl/N-ethyl adjacent to an activating group) is 1. The second kappa shape index (κ2) is 5.55. The van der Waals surface area contributed by atoms with E-state index in [9.17, 15) is 13.6 Å². The molecule has 0 spiro atoms. The van der Waals surface area contributed by atoms with Crippen LogP contribution in [0.4, 0.5) is 8.78 Å². The predicted octanol–water partition coefficient (Wildman–Crippen LogP) is 1.68. The van der Waals surface area contributed by atoms with E-state index in [0.29, 0.717) is 13.2 Å². The summed E-state index contributed by atoms with van der Waals surface area (Å²) in [5.74, 6) is -2.35. The van der Waals surface area contributed by atoms with Crippen molar-refractivity contribution in [3.05, 3.63) is 35.4 Å². The lowest BCUT2D eigenvalue weighted by Gasteiger charge is -2.16. The third-order valence-electron chi connectivity index (χ3n) is 2.14. The van der Waals surface area contributed by atoms with Crippen LogP contribution in [0, 0.1) is 11.6 Å². The molecule has 5 heteroatoms. The molecule has 0 atom stereocenters. The monoisotopic (exact) mass is 229 g/mol. The fourth-order valence-electron chi connectivity index (χ4n) is 1.18. The highest BCUT2D eigenvalue weighted by Gasteiger charge is 2.13. The van der Waals surface area contributed by atoms with E-state index >= 15 is 0 Å². The topological polar surface area (TPSA) is 29.5 Å². The standard InChI is InChI=1S/C11H13F2NO2/c1-14(5-6-16-2)11(15)8-3-4-9(12)10(13)7-8/h3-4,7H,5-6H2,1-2H3. The minimum absolute atomic E-state index is 0.123. The number of hydrogen-bond donors (Lipinski definition) is 0. The first-order chi connectivity index (χ1) is 7.56. The molecule has 0 bridgehead atoms. The second-order valence-corrected chi connectivity index (χ2v) is 3.35. The lowest BCUT2D eigenvalue weighted by atomic mass is 10.2. The summed E-state index contributed by atoms with van der Waals surface area (Å²) in [6.45, 7) is 0.792. The normalized spacial score (nSPS) is 10.2. The van der Waals surface area contributed by atoms with Crippen LogP contribution in [0.3, 0.4) is 0 Å². The summed E-state index contributed by atoms with van der Waals surface area (Å²) >= 11 is 0. The number of nitrogens with zero attached hydrogens (tertiary/aromatic N) is 1. The summed E-state index contributed by atoms with van der Waals surface area (Å²) in [4.78, 5) is 13.1. The van der Waals surface area contributed by atoms with E-state index in [1.165, 1.54) is 18.1 Å². The number of carbonyl (C=O) groups is 1. The molecule has 0 heterocycles. The molecule has 88 valence electrons. The number of ether oxygens (including phenoxy) is 1. The average molecular weight is 229 g/mol. The van der Waals surface area contributed by atoms with Crippen molar-refractivity contribution < 1.29 is 18.3 Å². The van der Waals surface area contributed by atoms with Gasteiger partial charge in [0.1, 0.15) is 0 Å². The van der Waals surface area contributed by atoms with E-state index < -0.39 is 11.6 Å². The summed E-state index contributed by atoms with van der Waals surface area (Å²) < 4.78 is 30.3. The zero-order chi connectivity index (χ0) is 12.1. The van der Waals surface area contributed by atoms with Crippen LogP contribution in [-0.4, -0.2) is 38.1 Å². The van der Waals surface area contributed by atoms with Gasteiger partial charge in [-0.25, -0.2) is 8.78 Å². The van der Waals surface area contributed by atoms with Crippen LogP contribution in [0.2, 0.25) is 0 Å². The minimum Gasteiger partial charge on any atom is -0.383 e. The van der Waals surface area contributed by atoms with Gasteiger partial charge in [0.25, 0.3) is 5.91 Å². The van der Waals surface area contributed by atoms with Crippen molar-refractivity contribution in [3.8, 4) is 0 Å². The Balaban J connectivity index is 2.76. The van der Waals surface area contributed by atoms with Crippen molar-refractivity contribution >= 4 is 5.91 Å². The quantitative estimate of drug-likeness (QED) is 0.786. The molecule has 0 radical (unpaired) electrons. The van der Waals surface area contributed by atoms with Crippen LogP contribution in [-0.2, 0) is 4.74 Å². The van der Waals surface area contributed by atoms with Crippen molar-refractivity contribution in [2.75, 3.05) is 27.3 Å². The summed E-state index contributed by atoms with van der Waals surface area (Å²) in [5.41, 5.74) is 0.123. The largest absolute Gasteiger partial charge is 0.383 e. The molecule has 0 aliphatic rings. The molecule has 0 aromatic heterocycles. The Hall–Kier alpha value is -1.49. The molecule has 0 saturated carbocycles. The molecule has 0 aliphatic carbocycles. The number of carbonyl (C=O) groups excluding carboxylic acids is 1. The molecule has 16 heavy (non-hydrogen) atoms. The van der Waals surface area contributed by atoms with Gasteiger partial charge >= 0.3 is 0 Å². The molecule has 1 amide bonds. The van der Waals surface area contributed by atoms with E-state index in [2.05, 4.69) is 0 Å². The maximum atomic E-state index is 12.9. The maximum absolute atomic E-state index is 12.9. The van der Waals surface area contributed by atoms with Gasteiger partial charge in [-0.1, -0.05) is 0 Å². The van der Waals surface area contributed by atoms with Crippen molar-refractivity contribution in [1.82, 2.24) is 4.90 Å². The zero-order valence-corrected chi connectivity index (χ0v) is 9.17. The first-order valence-corrected chi connectivity index (χ1v) is 4.75. The number of amides is 1. The first kappa shape index (κ1) is 12.6. The van der Waals surface area contributed by atoms with Crippen molar-refractivity contribution in [3.63, 3.8) is 0 Å². The van der Waals surface area contributed by atoms with Gasteiger partial charge in [0.15, 0.2) is 11.6 Å². The van der Waals surface area contributed by atoms with E-state index in [1.807, 2.05) is 0 Å². The molecule has 0 aliphatic heterocycles. The van der Waals surface area contributed by atoms with Gasteiger partial charge < -0.3 is 9.64 Å². The van der Waals surface area contributed by atoms with Gasteiger partial charge in [-0.15, -0.1) is 0 Å². The highest BCUT2D eigenvalue weighted by atomic mass is 19.2. The summed E-state index contributed by atoms with van der Waals surface area (Å²) in [6.07, 6.45) is 0. The third kappa shape index (κ3) is 3.00. The van der Waals surface area contributed by atoms with Gasteiger partial charge in [0.05, 0.1) is 6.61 Å². The van der Waals surface area contributed by atoms with E-state index in [-0.39, 0.29) is 11.5 Å². The molecule has 0 unspecified atom stereocenters. The fourth-order valence-corrected chi connectivity index (χ4v) is 1.18.